The number of imide groups is 1. The Morgan fingerprint density at radius 1 is 1.20 bits per heavy atom. The summed E-state index contributed by atoms with van der Waals surface area (Å²) in [5.74, 6) is 0.714. The van der Waals surface area contributed by atoms with E-state index in [2.05, 4.69) is 5.32 Å². The van der Waals surface area contributed by atoms with Crippen molar-refractivity contribution in [1.29, 1.82) is 0 Å². The molecule has 1 saturated heterocycles. The van der Waals surface area contributed by atoms with Crippen LogP contribution in [0.1, 0.15) is 52.4 Å². The summed E-state index contributed by atoms with van der Waals surface area (Å²) in [4.78, 5) is 36.8. The largest absolute Gasteiger partial charge is 0.406 e. The van der Waals surface area contributed by atoms with Crippen LogP contribution in [0.15, 0.2) is 0 Å². The first kappa shape index (κ1) is 21.9. The lowest BCUT2D eigenvalue weighted by Gasteiger charge is -2.24. The van der Waals surface area contributed by atoms with Crippen molar-refractivity contribution >= 4 is 26.3 Å². The first-order valence-corrected chi connectivity index (χ1v) is 11.5. The average molecular weight is 373 g/mol. The molecule has 0 aromatic rings. The number of likely N-dealkylation sites (tertiary alicyclic amines) is 1. The molecule has 0 aromatic heterocycles. The number of carbonyl (C=O) groups is 3. The lowest BCUT2D eigenvalue weighted by molar-refractivity contribution is -0.144. The predicted molar refractivity (Wildman–Crippen MR) is 97.9 cm³/mol. The van der Waals surface area contributed by atoms with Crippen LogP contribution in [0.4, 0.5) is 0 Å². The van der Waals surface area contributed by atoms with Gasteiger partial charge in [0.2, 0.25) is 11.8 Å². The molecule has 0 spiro atoms. The van der Waals surface area contributed by atoms with E-state index in [1.165, 1.54) is 4.90 Å². The molecule has 7 nitrogen and oxygen atoms in total. The standard InChI is InChI=1S/C17H32N2O5Si/c1-3-23-25(15-20,24-4-2)14-8-11-18-12-10-17(22)19-13-7-5-6-9-16(19)21/h15,18H,3-14H2,1-2H3. The van der Waals surface area contributed by atoms with Crippen LogP contribution in [0.5, 0.6) is 0 Å². The number of nitrogens with zero attached hydrogens (tertiary/aromatic N) is 1. The number of rotatable bonds is 12. The topological polar surface area (TPSA) is 84.9 Å². The van der Waals surface area contributed by atoms with Crippen LogP contribution >= 0.6 is 0 Å². The molecule has 1 aliphatic rings. The van der Waals surface area contributed by atoms with Gasteiger partial charge in [-0.05, 0) is 45.7 Å². The highest BCUT2D eigenvalue weighted by Crippen LogP contribution is 2.14. The Morgan fingerprint density at radius 2 is 1.92 bits per heavy atom. The van der Waals surface area contributed by atoms with Gasteiger partial charge >= 0.3 is 8.56 Å². The zero-order valence-electron chi connectivity index (χ0n) is 15.6. The van der Waals surface area contributed by atoms with Crippen molar-refractivity contribution in [2.45, 2.75) is 58.4 Å². The Morgan fingerprint density at radius 3 is 2.56 bits per heavy atom. The van der Waals surface area contributed by atoms with Crippen molar-refractivity contribution in [3.63, 3.8) is 0 Å². The second-order valence-electron chi connectivity index (χ2n) is 6.15. The molecule has 1 rings (SSSR count). The molecule has 0 aromatic carbocycles. The average Bonchev–Trinajstić information content (AvgIpc) is 2.82. The lowest BCUT2D eigenvalue weighted by Crippen LogP contribution is -2.45. The van der Waals surface area contributed by atoms with Gasteiger partial charge in [-0.2, -0.15) is 0 Å². The molecular weight excluding hydrogens is 340 g/mol. The fourth-order valence-electron chi connectivity index (χ4n) is 2.96. The monoisotopic (exact) mass is 372 g/mol. The van der Waals surface area contributed by atoms with Gasteiger partial charge in [-0.1, -0.05) is 6.42 Å². The molecule has 0 saturated carbocycles. The Hall–Kier alpha value is -1.09. The zero-order valence-corrected chi connectivity index (χ0v) is 16.6. The number of carbonyl (C=O) groups excluding carboxylic acids is 3. The summed E-state index contributed by atoms with van der Waals surface area (Å²) >= 11 is 0. The van der Waals surface area contributed by atoms with Crippen molar-refractivity contribution in [3.05, 3.63) is 0 Å². The van der Waals surface area contributed by atoms with Crippen LogP contribution in [-0.4, -0.2) is 64.0 Å². The summed E-state index contributed by atoms with van der Waals surface area (Å²) in [5, 5.41) is 3.20. The SMILES string of the molecule is CCO[Si](C=O)(CCCNCCC(=O)N1CCCCCC1=O)OCC. The maximum Gasteiger partial charge on any atom is 0.406 e. The number of hydrogen-bond acceptors (Lipinski definition) is 6. The van der Waals surface area contributed by atoms with E-state index in [0.717, 1.165) is 31.6 Å². The van der Waals surface area contributed by atoms with Gasteiger partial charge in [0.15, 0.2) is 5.91 Å². The summed E-state index contributed by atoms with van der Waals surface area (Å²) in [6.45, 7) is 6.42. The van der Waals surface area contributed by atoms with Gasteiger partial charge in [-0.25, -0.2) is 0 Å². The molecule has 1 aliphatic heterocycles. The zero-order chi connectivity index (χ0) is 18.5. The Labute approximate surface area is 151 Å². The van der Waals surface area contributed by atoms with Gasteiger partial charge in [0, 0.05) is 39.1 Å². The molecule has 8 heteroatoms. The highest BCUT2D eigenvalue weighted by atomic mass is 28.4. The molecule has 1 N–H and O–H groups in total. The van der Waals surface area contributed by atoms with Crippen molar-refractivity contribution in [2.24, 2.45) is 0 Å². The number of nitrogens with one attached hydrogen (secondary N) is 1. The summed E-state index contributed by atoms with van der Waals surface area (Å²) in [5.41, 5.74) is 0. The highest BCUT2D eigenvalue weighted by molar-refractivity contribution is 6.91. The molecule has 1 heterocycles. The van der Waals surface area contributed by atoms with Crippen LogP contribution < -0.4 is 5.32 Å². The van der Waals surface area contributed by atoms with Crippen molar-refractivity contribution in [2.75, 3.05) is 32.8 Å². The van der Waals surface area contributed by atoms with Gasteiger partial charge in [0.05, 0.1) is 0 Å². The maximum absolute atomic E-state index is 12.2. The fraction of sp³-hybridized carbons (Fsp3) is 0.824. The van der Waals surface area contributed by atoms with Crippen LogP contribution in [0.2, 0.25) is 6.04 Å². The quantitative estimate of drug-likeness (QED) is 0.318. The van der Waals surface area contributed by atoms with Crippen molar-refractivity contribution < 1.29 is 23.2 Å². The summed E-state index contributed by atoms with van der Waals surface area (Å²) in [7, 11) is -2.73. The third kappa shape index (κ3) is 7.77. The summed E-state index contributed by atoms with van der Waals surface area (Å²) < 4.78 is 11.2. The third-order valence-corrected chi connectivity index (χ3v) is 7.19. The van der Waals surface area contributed by atoms with Crippen molar-refractivity contribution in [3.8, 4) is 0 Å². The maximum atomic E-state index is 12.2. The number of amides is 2. The molecule has 0 bridgehead atoms. The second kappa shape index (κ2) is 12.3. The van der Waals surface area contributed by atoms with Crippen molar-refractivity contribution in [1.82, 2.24) is 10.2 Å². The van der Waals surface area contributed by atoms with E-state index in [0.29, 0.717) is 51.7 Å². The molecule has 25 heavy (non-hydrogen) atoms. The van der Waals surface area contributed by atoms with E-state index in [-0.39, 0.29) is 11.8 Å². The third-order valence-electron chi connectivity index (χ3n) is 4.23. The van der Waals surface area contributed by atoms with Gasteiger partial charge in [0.1, 0.15) is 0 Å². The van der Waals surface area contributed by atoms with Crippen LogP contribution in [0.3, 0.4) is 0 Å². The van der Waals surface area contributed by atoms with Gasteiger partial charge in [-0.3, -0.25) is 14.5 Å². The van der Waals surface area contributed by atoms with E-state index in [1.807, 2.05) is 13.8 Å². The van der Waals surface area contributed by atoms with Crippen LogP contribution in [-0.2, 0) is 23.2 Å². The lowest BCUT2D eigenvalue weighted by atomic mass is 10.2. The predicted octanol–water partition coefficient (Wildman–Crippen LogP) is 1.57. The summed E-state index contributed by atoms with van der Waals surface area (Å²) in [6.07, 6.45) is 4.34. The first-order valence-electron chi connectivity index (χ1n) is 9.36. The molecule has 0 atom stereocenters. The molecule has 144 valence electrons. The molecule has 1 fully saturated rings. The first-order chi connectivity index (χ1) is 12.1. The Balaban J connectivity index is 2.25. The minimum absolute atomic E-state index is 0.0438. The second-order valence-corrected chi connectivity index (χ2v) is 9.09. The molecule has 0 unspecified atom stereocenters. The molecule has 0 aliphatic carbocycles. The summed E-state index contributed by atoms with van der Waals surface area (Å²) in [6, 6.07) is 0.601. The molecular formula is C17H32N2O5Si. The fourth-order valence-corrected chi connectivity index (χ4v) is 5.24. The smallest absolute Gasteiger partial charge is 0.390 e. The van der Waals surface area contributed by atoms with E-state index in [1.54, 1.807) is 0 Å². The normalized spacial score (nSPS) is 15.9. The van der Waals surface area contributed by atoms with E-state index in [9.17, 15) is 14.4 Å². The van der Waals surface area contributed by atoms with E-state index < -0.39 is 8.56 Å². The van der Waals surface area contributed by atoms with Crippen LogP contribution in [0.25, 0.3) is 0 Å². The van der Waals surface area contributed by atoms with Gasteiger partial charge in [0.25, 0.3) is 0 Å². The van der Waals surface area contributed by atoms with E-state index in [4.69, 9.17) is 8.85 Å². The van der Waals surface area contributed by atoms with Crippen LogP contribution in [0, 0.1) is 0 Å². The Kier molecular flexibility index (Phi) is 10.8. The molecule has 0 radical (unpaired) electrons. The minimum atomic E-state index is -2.73. The van der Waals surface area contributed by atoms with E-state index >= 15 is 0 Å². The van der Waals surface area contributed by atoms with Gasteiger partial charge in [-0.15, -0.1) is 0 Å². The Bertz CT molecular complexity index is 427. The minimum Gasteiger partial charge on any atom is -0.390 e. The van der Waals surface area contributed by atoms with Gasteiger partial charge < -0.3 is 19.0 Å². The highest BCUT2D eigenvalue weighted by Gasteiger charge is 2.36. The number of hydrogen-bond donors (Lipinski definition) is 1. The molecule has 2 amide bonds.